The number of anilines is 1. The fraction of sp³-hybridized carbons (Fsp3) is 0.188. The number of rotatable bonds is 2. The molecule has 3 rings (SSSR count). The molecule has 0 spiro atoms. The van der Waals surface area contributed by atoms with Crippen molar-refractivity contribution in [1.82, 2.24) is 0 Å². The van der Waals surface area contributed by atoms with Crippen molar-refractivity contribution in [2.45, 2.75) is 23.9 Å². The standard InChI is InChI=1S/C16H16ClN3O3S/c1-16(18)9-11-4-2-3-5-13(11)20(16)15(21)10-6-7-12(17)14(8-10)24(19,22)23/h2-8H,9,18H2,1H3,(H2,19,22,23). The van der Waals surface area contributed by atoms with Crippen molar-refractivity contribution in [1.29, 1.82) is 0 Å². The highest BCUT2D eigenvalue weighted by Gasteiger charge is 2.40. The number of carbonyl (C=O) groups is 1. The summed E-state index contributed by atoms with van der Waals surface area (Å²) in [5.41, 5.74) is 7.20. The molecule has 1 aliphatic rings. The second-order valence-electron chi connectivity index (χ2n) is 5.99. The molecule has 1 heterocycles. The van der Waals surface area contributed by atoms with Gasteiger partial charge in [-0.15, -0.1) is 0 Å². The number of hydrogen-bond acceptors (Lipinski definition) is 4. The summed E-state index contributed by atoms with van der Waals surface area (Å²) >= 11 is 5.87. The van der Waals surface area contributed by atoms with Crippen LogP contribution in [0.3, 0.4) is 0 Å². The molecule has 0 aliphatic carbocycles. The first-order valence-electron chi connectivity index (χ1n) is 7.15. The third-order valence-electron chi connectivity index (χ3n) is 3.98. The van der Waals surface area contributed by atoms with Crippen LogP contribution in [0.2, 0.25) is 5.02 Å². The Morgan fingerprint density at radius 1 is 1.25 bits per heavy atom. The summed E-state index contributed by atoms with van der Waals surface area (Å²) in [4.78, 5) is 14.2. The lowest BCUT2D eigenvalue weighted by Crippen LogP contribution is -2.54. The minimum absolute atomic E-state index is 0.0358. The van der Waals surface area contributed by atoms with E-state index in [9.17, 15) is 13.2 Å². The van der Waals surface area contributed by atoms with Gasteiger partial charge in [0.1, 0.15) is 4.90 Å². The molecule has 8 heteroatoms. The Morgan fingerprint density at radius 2 is 1.92 bits per heavy atom. The van der Waals surface area contributed by atoms with Crippen molar-refractivity contribution >= 4 is 33.2 Å². The predicted molar refractivity (Wildman–Crippen MR) is 92.4 cm³/mol. The van der Waals surface area contributed by atoms with Crippen LogP contribution in [-0.4, -0.2) is 20.0 Å². The number of benzene rings is 2. The predicted octanol–water partition coefficient (Wildman–Crippen LogP) is 1.87. The van der Waals surface area contributed by atoms with E-state index in [1.165, 1.54) is 23.1 Å². The lowest BCUT2D eigenvalue weighted by Gasteiger charge is -2.32. The molecule has 0 saturated heterocycles. The van der Waals surface area contributed by atoms with Crippen LogP contribution in [0.4, 0.5) is 5.69 Å². The average molecular weight is 366 g/mol. The molecule has 1 unspecified atom stereocenters. The van der Waals surface area contributed by atoms with Gasteiger partial charge in [-0.1, -0.05) is 29.8 Å². The summed E-state index contributed by atoms with van der Waals surface area (Å²) in [6.45, 7) is 1.75. The summed E-state index contributed by atoms with van der Waals surface area (Å²) in [6.07, 6.45) is 0.505. The zero-order valence-electron chi connectivity index (χ0n) is 12.9. The minimum Gasteiger partial charge on any atom is -0.308 e. The third kappa shape index (κ3) is 2.80. The Balaban J connectivity index is 2.10. The first kappa shape index (κ1) is 16.9. The third-order valence-corrected chi connectivity index (χ3v) is 5.37. The first-order valence-corrected chi connectivity index (χ1v) is 9.07. The Morgan fingerprint density at radius 3 is 2.58 bits per heavy atom. The molecule has 0 radical (unpaired) electrons. The Bertz CT molecular complexity index is 941. The molecule has 0 aromatic heterocycles. The molecule has 0 fully saturated rings. The first-order chi connectivity index (χ1) is 11.1. The molecule has 1 amide bonds. The Hall–Kier alpha value is -1.93. The summed E-state index contributed by atoms with van der Waals surface area (Å²) in [5.74, 6) is -0.411. The molecule has 1 atom stereocenters. The van der Waals surface area contributed by atoms with E-state index >= 15 is 0 Å². The molecule has 4 N–H and O–H groups in total. The number of nitrogens with zero attached hydrogens (tertiary/aromatic N) is 1. The molecule has 0 saturated carbocycles. The number of fused-ring (bicyclic) bond motifs is 1. The maximum Gasteiger partial charge on any atom is 0.259 e. The Kier molecular flexibility index (Phi) is 3.92. The average Bonchev–Trinajstić information content (AvgIpc) is 2.75. The molecular weight excluding hydrogens is 350 g/mol. The summed E-state index contributed by atoms with van der Waals surface area (Å²) in [6, 6.07) is 11.4. The van der Waals surface area contributed by atoms with Gasteiger partial charge in [-0.2, -0.15) is 0 Å². The van der Waals surface area contributed by atoms with Crippen LogP contribution in [-0.2, 0) is 16.4 Å². The van der Waals surface area contributed by atoms with Gasteiger partial charge >= 0.3 is 0 Å². The van der Waals surface area contributed by atoms with Crippen molar-refractivity contribution < 1.29 is 13.2 Å². The van der Waals surface area contributed by atoms with Crippen LogP contribution in [0.5, 0.6) is 0 Å². The van der Waals surface area contributed by atoms with Gasteiger partial charge in [0.2, 0.25) is 10.0 Å². The van der Waals surface area contributed by atoms with E-state index in [0.29, 0.717) is 12.1 Å². The molecule has 2 aromatic carbocycles. The number of primary sulfonamides is 1. The quantitative estimate of drug-likeness (QED) is 0.847. The van der Waals surface area contributed by atoms with E-state index < -0.39 is 21.6 Å². The van der Waals surface area contributed by atoms with Gasteiger partial charge in [-0.3, -0.25) is 9.69 Å². The van der Waals surface area contributed by atoms with Crippen LogP contribution in [0.1, 0.15) is 22.8 Å². The number of sulfonamides is 1. The summed E-state index contributed by atoms with van der Waals surface area (Å²) in [5, 5.41) is 5.11. The fourth-order valence-corrected chi connectivity index (χ4v) is 4.01. The van der Waals surface area contributed by atoms with E-state index in [4.69, 9.17) is 22.5 Å². The maximum absolute atomic E-state index is 13.0. The van der Waals surface area contributed by atoms with Gasteiger partial charge in [-0.25, -0.2) is 13.6 Å². The highest BCUT2D eigenvalue weighted by molar-refractivity contribution is 7.89. The van der Waals surface area contributed by atoms with E-state index in [-0.39, 0.29) is 15.5 Å². The van der Waals surface area contributed by atoms with Gasteiger partial charge in [0, 0.05) is 17.7 Å². The van der Waals surface area contributed by atoms with E-state index in [1.807, 2.05) is 24.3 Å². The zero-order chi connectivity index (χ0) is 17.7. The highest BCUT2D eigenvalue weighted by Crippen LogP contribution is 2.37. The number of para-hydroxylation sites is 1. The highest BCUT2D eigenvalue weighted by atomic mass is 35.5. The van der Waals surface area contributed by atoms with Gasteiger partial charge in [0.15, 0.2) is 0 Å². The van der Waals surface area contributed by atoms with Crippen molar-refractivity contribution in [3.05, 3.63) is 58.6 Å². The molecule has 2 aromatic rings. The molecule has 24 heavy (non-hydrogen) atoms. The van der Waals surface area contributed by atoms with Crippen LogP contribution in [0.25, 0.3) is 0 Å². The van der Waals surface area contributed by atoms with Gasteiger partial charge < -0.3 is 5.73 Å². The monoisotopic (exact) mass is 365 g/mol. The van der Waals surface area contributed by atoms with Crippen LogP contribution < -0.4 is 15.8 Å². The van der Waals surface area contributed by atoms with E-state index in [0.717, 1.165) is 5.56 Å². The normalized spacial score (nSPS) is 20.1. The van der Waals surface area contributed by atoms with Crippen LogP contribution in [0, 0.1) is 0 Å². The lowest BCUT2D eigenvalue weighted by molar-refractivity contribution is 0.0964. The van der Waals surface area contributed by atoms with Gasteiger partial charge in [-0.05, 0) is 36.8 Å². The molecular formula is C16H16ClN3O3S. The van der Waals surface area contributed by atoms with Crippen molar-refractivity contribution in [2.24, 2.45) is 10.9 Å². The van der Waals surface area contributed by atoms with E-state index in [1.54, 1.807) is 6.92 Å². The molecule has 6 nitrogen and oxygen atoms in total. The second-order valence-corrected chi connectivity index (χ2v) is 7.93. The van der Waals surface area contributed by atoms with Gasteiger partial charge in [0.05, 0.1) is 10.7 Å². The second kappa shape index (κ2) is 5.56. The number of amides is 1. The van der Waals surface area contributed by atoms with Crippen LogP contribution in [0.15, 0.2) is 47.4 Å². The number of halogens is 1. The lowest BCUT2D eigenvalue weighted by atomic mass is 10.1. The smallest absolute Gasteiger partial charge is 0.259 e. The van der Waals surface area contributed by atoms with Crippen LogP contribution >= 0.6 is 11.6 Å². The fourth-order valence-electron chi connectivity index (χ4n) is 2.94. The van der Waals surface area contributed by atoms with Crippen molar-refractivity contribution in [3.63, 3.8) is 0 Å². The van der Waals surface area contributed by atoms with Crippen molar-refractivity contribution in [2.75, 3.05) is 4.90 Å². The number of nitrogens with two attached hydrogens (primary N) is 2. The SMILES string of the molecule is CC1(N)Cc2ccccc2N1C(=O)c1ccc(Cl)c(S(N)(=O)=O)c1. The number of carbonyl (C=O) groups excluding carboxylic acids is 1. The maximum atomic E-state index is 13.0. The van der Waals surface area contributed by atoms with E-state index in [2.05, 4.69) is 0 Å². The summed E-state index contributed by atoms with van der Waals surface area (Å²) in [7, 11) is -4.04. The molecule has 0 bridgehead atoms. The largest absolute Gasteiger partial charge is 0.308 e. The number of hydrogen-bond donors (Lipinski definition) is 2. The molecule has 126 valence electrons. The topological polar surface area (TPSA) is 106 Å². The van der Waals surface area contributed by atoms with Crippen molar-refractivity contribution in [3.8, 4) is 0 Å². The summed E-state index contributed by atoms with van der Waals surface area (Å²) < 4.78 is 23.2. The molecule has 1 aliphatic heterocycles. The Labute approximate surface area is 145 Å². The minimum atomic E-state index is -4.04. The van der Waals surface area contributed by atoms with Gasteiger partial charge in [0.25, 0.3) is 5.91 Å². The zero-order valence-corrected chi connectivity index (χ0v) is 14.4.